The molecular weight excluding hydrogens is 234 g/mol. The van der Waals surface area contributed by atoms with Crippen LogP contribution in [0.2, 0.25) is 0 Å². The molecule has 7 heteroatoms. The molecule has 1 N–H and O–H groups in total. The molecule has 88 valence electrons. The van der Waals surface area contributed by atoms with Gasteiger partial charge in [0.05, 0.1) is 16.8 Å². The van der Waals surface area contributed by atoms with E-state index in [4.69, 9.17) is 0 Å². The number of hydrogen-bond acceptors (Lipinski definition) is 5. The molecule has 0 radical (unpaired) electrons. The summed E-state index contributed by atoms with van der Waals surface area (Å²) >= 11 is 0. The summed E-state index contributed by atoms with van der Waals surface area (Å²) in [4.78, 5) is 9.87. The highest BCUT2D eigenvalue weighted by Gasteiger charge is 2.16. The summed E-state index contributed by atoms with van der Waals surface area (Å²) in [6.45, 7) is 0. The summed E-state index contributed by atoms with van der Waals surface area (Å²) < 4.78 is 21.9. The smallest absolute Gasteiger partial charge is 0.269 e. The molecule has 1 atom stereocenters. The molecule has 0 saturated carbocycles. The molecule has 0 aliphatic carbocycles. The van der Waals surface area contributed by atoms with Crippen LogP contribution in [0, 0.1) is 10.1 Å². The largest absolute Gasteiger partial charge is 0.387 e. The van der Waals surface area contributed by atoms with Crippen LogP contribution in [-0.2, 0) is 9.84 Å². The van der Waals surface area contributed by atoms with E-state index in [2.05, 4.69) is 0 Å². The maximum atomic E-state index is 10.9. The van der Waals surface area contributed by atoms with E-state index < -0.39 is 26.6 Å². The first-order chi connectivity index (χ1) is 7.29. The van der Waals surface area contributed by atoms with Crippen LogP contribution < -0.4 is 0 Å². The van der Waals surface area contributed by atoms with Crippen LogP contribution in [-0.4, -0.2) is 30.5 Å². The fraction of sp³-hybridized carbons (Fsp3) is 0.333. The Kier molecular flexibility index (Phi) is 3.61. The Bertz CT molecular complexity index is 496. The SMILES string of the molecule is CS(=O)(=O)CC(O)c1cccc([N+](=O)[O-])c1. The molecule has 1 rings (SSSR count). The van der Waals surface area contributed by atoms with E-state index in [1.807, 2.05) is 0 Å². The van der Waals surface area contributed by atoms with Crippen LogP contribution in [0.3, 0.4) is 0 Å². The number of benzene rings is 1. The van der Waals surface area contributed by atoms with Gasteiger partial charge in [0, 0.05) is 18.4 Å². The van der Waals surface area contributed by atoms with Gasteiger partial charge in [-0.1, -0.05) is 12.1 Å². The van der Waals surface area contributed by atoms with Crippen LogP contribution >= 0.6 is 0 Å². The summed E-state index contributed by atoms with van der Waals surface area (Å²) in [6.07, 6.45) is -0.247. The van der Waals surface area contributed by atoms with Crippen LogP contribution in [0.5, 0.6) is 0 Å². The lowest BCUT2D eigenvalue weighted by atomic mass is 10.1. The van der Waals surface area contributed by atoms with E-state index >= 15 is 0 Å². The van der Waals surface area contributed by atoms with Crippen molar-refractivity contribution in [3.63, 3.8) is 0 Å². The van der Waals surface area contributed by atoms with Crippen LogP contribution in [0.15, 0.2) is 24.3 Å². The monoisotopic (exact) mass is 245 g/mol. The second kappa shape index (κ2) is 4.58. The number of hydrogen-bond donors (Lipinski definition) is 1. The predicted octanol–water partition coefficient (Wildman–Crippen LogP) is 0.673. The molecule has 6 nitrogen and oxygen atoms in total. The van der Waals surface area contributed by atoms with Gasteiger partial charge in [0.2, 0.25) is 0 Å². The molecule has 0 aliphatic rings. The molecule has 0 heterocycles. The number of sulfone groups is 1. The number of nitrogens with zero attached hydrogens (tertiary/aromatic N) is 1. The first kappa shape index (κ1) is 12.6. The van der Waals surface area contributed by atoms with Crippen LogP contribution in [0.1, 0.15) is 11.7 Å². The van der Waals surface area contributed by atoms with Gasteiger partial charge < -0.3 is 5.11 Å². The summed E-state index contributed by atoms with van der Waals surface area (Å²) in [5.41, 5.74) is 0.0460. The van der Waals surface area contributed by atoms with E-state index in [0.717, 1.165) is 12.3 Å². The lowest BCUT2D eigenvalue weighted by Crippen LogP contribution is -2.12. The van der Waals surface area contributed by atoms with Crippen molar-refractivity contribution in [1.82, 2.24) is 0 Å². The van der Waals surface area contributed by atoms with Gasteiger partial charge in [-0.15, -0.1) is 0 Å². The zero-order valence-corrected chi connectivity index (χ0v) is 9.35. The average Bonchev–Trinajstić information content (AvgIpc) is 2.15. The summed E-state index contributed by atoms with van der Waals surface area (Å²) in [5, 5.41) is 20.0. The van der Waals surface area contributed by atoms with Gasteiger partial charge in [-0.05, 0) is 5.56 Å². The summed E-state index contributed by atoms with van der Waals surface area (Å²) in [7, 11) is -3.32. The molecule has 0 aromatic heterocycles. The second-order valence-corrected chi connectivity index (χ2v) is 5.65. The standard InChI is InChI=1S/C9H11NO5S/c1-16(14,15)6-9(11)7-3-2-4-8(5-7)10(12)13/h2-5,9,11H,6H2,1H3. The maximum absolute atomic E-state index is 10.9. The number of rotatable bonds is 4. The van der Waals surface area contributed by atoms with Gasteiger partial charge in [0.15, 0.2) is 0 Å². The van der Waals surface area contributed by atoms with Gasteiger partial charge in [-0.2, -0.15) is 0 Å². The van der Waals surface area contributed by atoms with E-state index in [-0.39, 0.29) is 11.3 Å². The number of aliphatic hydroxyl groups excluding tert-OH is 1. The highest BCUT2D eigenvalue weighted by Crippen LogP contribution is 2.20. The minimum Gasteiger partial charge on any atom is -0.387 e. The Morgan fingerprint density at radius 3 is 2.62 bits per heavy atom. The van der Waals surface area contributed by atoms with Crippen molar-refractivity contribution >= 4 is 15.5 Å². The third kappa shape index (κ3) is 3.59. The highest BCUT2D eigenvalue weighted by atomic mass is 32.2. The van der Waals surface area contributed by atoms with Gasteiger partial charge in [-0.3, -0.25) is 10.1 Å². The molecule has 0 fully saturated rings. The molecule has 16 heavy (non-hydrogen) atoms. The topological polar surface area (TPSA) is 97.5 Å². The lowest BCUT2D eigenvalue weighted by molar-refractivity contribution is -0.385. The van der Waals surface area contributed by atoms with Gasteiger partial charge in [0.1, 0.15) is 9.84 Å². The van der Waals surface area contributed by atoms with E-state index in [1.165, 1.54) is 18.2 Å². The van der Waals surface area contributed by atoms with Crippen molar-refractivity contribution in [1.29, 1.82) is 0 Å². The van der Waals surface area contributed by atoms with Crippen LogP contribution in [0.25, 0.3) is 0 Å². The minimum atomic E-state index is -3.32. The normalized spacial score (nSPS) is 13.4. The zero-order valence-electron chi connectivity index (χ0n) is 8.53. The number of non-ortho nitro benzene ring substituents is 1. The number of aliphatic hydroxyl groups is 1. The number of nitro benzene ring substituents is 1. The fourth-order valence-corrected chi connectivity index (χ4v) is 1.99. The average molecular weight is 245 g/mol. The molecule has 0 aliphatic heterocycles. The van der Waals surface area contributed by atoms with Crippen molar-refractivity contribution in [2.45, 2.75) is 6.10 Å². The molecule has 0 amide bonds. The van der Waals surface area contributed by atoms with E-state index in [0.29, 0.717) is 0 Å². The van der Waals surface area contributed by atoms with Crippen molar-refractivity contribution in [2.24, 2.45) is 0 Å². The Labute approximate surface area is 92.6 Å². The molecule has 0 bridgehead atoms. The molecular formula is C9H11NO5S. The van der Waals surface area contributed by atoms with Crippen LogP contribution in [0.4, 0.5) is 5.69 Å². The third-order valence-corrected chi connectivity index (χ3v) is 2.85. The van der Waals surface area contributed by atoms with E-state index in [9.17, 15) is 23.6 Å². The Balaban J connectivity index is 2.96. The van der Waals surface area contributed by atoms with Crippen molar-refractivity contribution in [2.75, 3.05) is 12.0 Å². The fourth-order valence-electron chi connectivity index (χ4n) is 1.23. The molecule has 1 unspecified atom stereocenters. The first-order valence-corrected chi connectivity index (χ1v) is 6.46. The predicted molar refractivity (Wildman–Crippen MR) is 57.8 cm³/mol. The third-order valence-electron chi connectivity index (χ3n) is 1.93. The zero-order chi connectivity index (χ0) is 12.3. The molecule has 1 aromatic carbocycles. The molecule has 0 saturated heterocycles. The minimum absolute atomic E-state index is 0.176. The Morgan fingerprint density at radius 1 is 1.50 bits per heavy atom. The highest BCUT2D eigenvalue weighted by molar-refractivity contribution is 7.90. The molecule has 0 spiro atoms. The maximum Gasteiger partial charge on any atom is 0.269 e. The Morgan fingerprint density at radius 2 is 2.12 bits per heavy atom. The van der Waals surface area contributed by atoms with Gasteiger partial charge in [0.25, 0.3) is 5.69 Å². The van der Waals surface area contributed by atoms with E-state index in [1.54, 1.807) is 0 Å². The second-order valence-electron chi connectivity index (χ2n) is 3.46. The quantitative estimate of drug-likeness (QED) is 0.621. The number of nitro groups is 1. The van der Waals surface area contributed by atoms with Gasteiger partial charge in [-0.25, -0.2) is 8.42 Å². The van der Waals surface area contributed by atoms with Crippen molar-refractivity contribution < 1.29 is 18.4 Å². The molecule has 1 aromatic rings. The van der Waals surface area contributed by atoms with Crippen molar-refractivity contribution in [3.05, 3.63) is 39.9 Å². The first-order valence-electron chi connectivity index (χ1n) is 4.40. The summed E-state index contributed by atoms with van der Waals surface area (Å²) in [6, 6.07) is 5.29. The van der Waals surface area contributed by atoms with Crippen molar-refractivity contribution in [3.8, 4) is 0 Å². The van der Waals surface area contributed by atoms with Gasteiger partial charge >= 0.3 is 0 Å². The Hall–Kier alpha value is -1.47. The lowest BCUT2D eigenvalue weighted by Gasteiger charge is -2.08. The summed E-state index contributed by atoms with van der Waals surface area (Å²) in [5.74, 6) is -0.450.